The summed E-state index contributed by atoms with van der Waals surface area (Å²) in [6.07, 6.45) is 0. The number of hydrogen-bond donors (Lipinski definition) is 2. The lowest BCUT2D eigenvalue weighted by Gasteiger charge is -2.38. The first kappa shape index (κ1) is 11.3. The molecular weight excluding hydrogens is 272 g/mol. The van der Waals surface area contributed by atoms with Crippen LogP contribution in [0.1, 0.15) is 0 Å². The van der Waals surface area contributed by atoms with Crippen LogP contribution < -0.4 is 10.0 Å². The highest BCUT2D eigenvalue weighted by Crippen LogP contribution is 2.48. The van der Waals surface area contributed by atoms with E-state index >= 15 is 0 Å². The van der Waals surface area contributed by atoms with E-state index in [1.165, 1.54) is 0 Å². The van der Waals surface area contributed by atoms with Gasteiger partial charge in [-0.15, -0.1) is 4.00 Å². The Morgan fingerprint density at radius 2 is 2.47 bits per heavy atom. The maximum atomic E-state index is 5.76. The summed E-state index contributed by atoms with van der Waals surface area (Å²) in [5, 5.41) is 4.51. The molecule has 0 aromatic carbocycles. The van der Waals surface area contributed by atoms with E-state index in [1.54, 1.807) is 11.9 Å². The van der Waals surface area contributed by atoms with Crippen molar-refractivity contribution in [1.29, 1.82) is 0 Å². The normalized spacial score (nSPS) is 42.8. The Labute approximate surface area is 106 Å². The number of quaternary nitrogens is 1. The molecule has 9 heteroatoms. The summed E-state index contributed by atoms with van der Waals surface area (Å²) in [5.74, 6) is 2.11. The molecule has 3 saturated heterocycles. The van der Waals surface area contributed by atoms with Crippen LogP contribution in [0.15, 0.2) is 0 Å². The smallest absolute Gasteiger partial charge is 0.288 e. The van der Waals surface area contributed by atoms with Gasteiger partial charge in [0, 0.05) is 11.9 Å². The number of thioether (sulfide) groups is 1. The molecule has 2 unspecified atom stereocenters. The summed E-state index contributed by atoms with van der Waals surface area (Å²) in [6.45, 7) is 1.60. The second kappa shape index (κ2) is 4.83. The van der Waals surface area contributed by atoms with Gasteiger partial charge in [-0.25, -0.2) is 4.72 Å². The van der Waals surface area contributed by atoms with Crippen molar-refractivity contribution in [1.82, 2.24) is 14.5 Å². The van der Waals surface area contributed by atoms with Crippen molar-refractivity contribution in [2.45, 2.75) is 5.56 Å². The second-order valence-corrected chi connectivity index (χ2v) is 7.65. The predicted molar refractivity (Wildman–Crippen MR) is 67.9 cm³/mol. The van der Waals surface area contributed by atoms with Gasteiger partial charge in [-0.3, -0.25) is 5.32 Å². The van der Waals surface area contributed by atoms with E-state index in [0.29, 0.717) is 6.73 Å². The zero-order valence-corrected chi connectivity index (χ0v) is 11.3. The zero-order chi connectivity index (χ0) is 10.1. The van der Waals surface area contributed by atoms with E-state index in [2.05, 4.69) is 14.5 Å². The molecule has 0 radical (unpaired) electrons. The highest BCUT2D eigenvalue weighted by Gasteiger charge is 2.52. The molecule has 2 N–H and O–H groups in total. The minimum absolute atomic E-state index is 0.192. The van der Waals surface area contributed by atoms with Crippen molar-refractivity contribution in [3.8, 4) is 0 Å². The van der Waals surface area contributed by atoms with Crippen LogP contribution in [0.5, 0.6) is 0 Å². The summed E-state index contributed by atoms with van der Waals surface area (Å²) in [4.78, 5) is 0. The van der Waals surface area contributed by atoms with Gasteiger partial charge in [-0.05, 0) is 11.9 Å². The molecule has 0 bridgehead atoms. The highest BCUT2D eigenvalue weighted by molar-refractivity contribution is 8.16. The Kier molecular flexibility index (Phi) is 3.64. The van der Waals surface area contributed by atoms with Gasteiger partial charge >= 0.3 is 0 Å². The van der Waals surface area contributed by atoms with Crippen LogP contribution in [-0.2, 0) is 4.74 Å². The summed E-state index contributed by atoms with van der Waals surface area (Å²) >= 11 is 7.52. The van der Waals surface area contributed by atoms with E-state index in [4.69, 9.17) is 4.74 Å². The molecule has 0 amide bonds. The first-order valence-corrected chi connectivity index (χ1v) is 8.55. The van der Waals surface area contributed by atoms with Gasteiger partial charge in [0.1, 0.15) is 30.4 Å². The number of rotatable bonds is 2. The van der Waals surface area contributed by atoms with Gasteiger partial charge in [0.2, 0.25) is 0 Å². The van der Waals surface area contributed by atoms with Crippen LogP contribution in [0.4, 0.5) is 0 Å². The topological polar surface area (TPSA) is 36.5 Å². The van der Waals surface area contributed by atoms with Gasteiger partial charge in [0.15, 0.2) is 5.88 Å². The minimum Gasteiger partial charge on any atom is -0.301 e. The lowest BCUT2D eigenvalue weighted by atomic mass is 10.9. The SMILES string of the molecule is C1NSC([N+]2(N3CNCS3)CSCS2)O1. The molecule has 86 valence electrons. The Balaban J connectivity index is 1.80. The van der Waals surface area contributed by atoms with Crippen molar-refractivity contribution in [3.05, 3.63) is 0 Å². The molecule has 3 aliphatic heterocycles. The van der Waals surface area contributed by atoms with Gasteiger partial charge in [-0.2, -0.15) is 0 Å². The monoisotopic (exact) mass is 285 g/mol. The standard InChI is InChI=1S/C6H13N4OS4/c1-7-3-13-9(1)10(4-12-5-14-10)6-11-2-8-15-6/h6-8H,1-5H2/q+1. The molecule has 3 heterocycles. The first-order chi connectivity index (χ1) is 7.42. The molecule has 0 spiro atoms. The Bertz CT molecular complexity index is 209. The van der Waals surface area contributed by atoms with Crippen LogP contribution >= 0.6 is 47.6 Å². The van der Waals surface area contributed by atoms with Crippen LogP contribution in [0.2, 0.25) is 0 Å². The zero-order valence-electron chi connectivity index (χ0n) is 8.05. The third kappa shape index (κ3) is 2.02. The lowest BCUT2D eigenvalue weighted by molar-refractivity contribution is -0.909. The van der Waals surface area contributed by atoms with E-state index in [-0.39, 0.29) is 5.56 Å². The number of hydrogen-bond acceptors (Lipinski definition) is 8. The molecule has 0 aliphatic carbocycles. The fraction of sp³-hybridized carbons (Fsp3) is 1.00. The van der Waals surface area contributed by atoms with Crippen molar-refractivity contribution < 1.29 is 8.73 Å². The molecule has 15 heavy (non-hydrogen) atoms. The van der Waals surface area contributed by atoms with Crippen molar-refractivity contribution in [2.24, 2.45) is 0 Å². The highest BCUT2D eigenvalue weighted by atomic mass is 32.2. The van der Waals surface area contributed by atoms with Gasteiger partial charge in [0.05, 0.1) is 5.88 Å². The maximum Gasteiger partial charge on any atom is 0.288 e. The quantitative estimate of drug-likeness (QED) is 0.575. The number of nitrogens with zero attached hydrogens (tertiary/aromatic N) is 2. The summed E-state index contributed by atoms with van der Waals surface area (Å²) < 4.78 is 12.2. The van der Waals surface area contributed by atoms with E-state index in [1.807, 2.05) is 35.7 Å². The largest absolute Gasteiger partial charge is 0.301 e. The van der Waals surface area contributed by atoms with Crippen LogP contribution in [0.25, 0.3) is 0 Å². The molecule has 2 atom stereocenters. The van der Waals surface area contributed by atoms with Gasteiger partial charge in [-0.1, -0.05) is 16.2 Å². The van der Waals surface area contributed by atoms with Crippen molar-refractivity contribution >= 4 is 47.6 Å². The molecule has 0 aromatic heterocycles. The van der Waals surface area contributed by atoms with E-state index < -0.39 is 0 Å². The average molecular weight is 285 g/mol. The lowest BCUT2D eigenvalue weighted by Crippen LogP contribution is -2.55. The van der Waals surface area contributed by atoms with Crippen LogP contribution in [0.3, 0.4) is 0 Å². The third-order valence-corrected chi connectivity index (χ3v) is 7.43. The molecule has 0 saturated carbocycles. The van der Waals surface area contributed by atoms with Crippen LogP contribution in [0, 0.1) is 0 Å². The Morgan fingerprint density at radius 3 is 3.07 bits per heavy atom. The average Bonchev–Trinajstić information content (AvgIpc) is 3.02. The van der Waals surface area contributed by atoms with E-state index in [0.717, 1.165) is 27.5 Å². The number of ether oxygens (including phenoxy) is 1. The summed E-state index contributed by atoms with van der Waals surface area (Å²) in [5.41, 5.74) is 0.192. The summed E-state index contributed by atoms with van der Waals surface area (Å²) in [6, 6.07) is 0. The predicted octanol–water partition coefficient (Wildman–Crippen LogP) is 1.01. The van der Waals surface area contributed by atoms with E-state index in [9.17, 15) is 0 Å². The molecule has 5 nitrogen and oxygen atoms in total. The Hall–Kier alpha value is 1.20. The maximum absolute atomic E-state index is 5.76. The molecule has 3 rings (SSSR count). The van der Waals surface area contributed by atoms with Gasteiger partial charge < -0.3 is 4.74 Å². The Morgan fingerprint density at radius 1 is 1.47 bits per heavy atom. The van der Waals surface area contributed by atoms with Crippen molar-refractivity contribution in [2.75, 3.05) is 30.2 Å². The molecule has 0 aromatic rings. The molecule has 3 aliphatic rings. The summed E-state index contributed by atoms with van der Waals surface area (Å²) in [7, 11) is 0. The third-order valence-electron chi connectivity index (χ3n) is 2.37. The minimum atomic E-state index is 0.192. The fourth-order valence-electron chi connectivity index (χ4n) is 1.66. The molecular formula is C6H13N4OS4+. The number of nitrogens with one attached hydrogen (secondary N) is 2. The first-order valence-electron chi connectivity index (χ1n) is 4.64. The molecule has 3 fully saturated rings. The fourth-order valence-corrected chi connectivity index (χ4v) is 6.85. The second-order valence-electron chi connectivity index (χ2n) is 3.25. The van der Waals surface area contributed by atoms with Gasteiger partial charge in [0.25, 0.3) is 5.56 Å². The van der Waals surface area contributed by atoms with Crippen molar-refractivity contribution in [3.63, 3.8) is 0 Å². The van der Waals surface area contributed by atoms with Crippen LogP contribution in [-0.4, -0.2) is 44.2 Å².